The number of ether oxygens (including phenoxy) is 2. The van der Waals surface area contributed by atoms with Crippen molar-refractivity contribution < 1.29 is 9.47 Å². The zero-order valence-corrected chi connectivity index (χ0v) is 19.0. The van der Waals surface area contributed by atoms with E-state index in [-0.39, 0.29) is 18.2 Å². The van der Waals surface area contributed by atoms with Crippen molar-refractivity contribution in [2.75, 3.05) is 0 Å². The minimum absolute atomic E-state index is 0.00469. The van der Waals surface area contributed by atoms with Gasteiger partial charge in [-0.25, -0.2) is 9.97 Å². The number of fused-ring (bicyclic) bond motifs is 2. The lowest BCUT2D eigenvalue weighted by Crippen LogP contribution is -2.27. The Kier molecular flexibility index (Phi) is 5.29. The van der Waals surface area contributed by atoms with Crippen molar-refractivity contribution in [2.24, 2.45) is 11.7 Å². The monoisotopic (exact) mass is 440 g/mol. The molecule has 2 aromatic heterocycles. The summed E-state index contributed by atoms with van der Waals surface area (Å²) in [5, 5.41) is 1.82. The number of benzene rings is 1. The molecule has 4 atom stereocenters. The van der Waals surface area contributed by atoms with Crippen LogP contribution in [0.25, 0.3) is 11.0 Å². The van der Waals surface area contributed by atoms with E-state index in [9.17, 15) is 0 Å². The van der Waals surface area contributed by atoms with E-state index in [0.717, 1.165) is 46.6 Å². The maximum absolute atomic E-state index is 6.41. The molecule has 31 heavy (non-hydrogen) atoms. The maximum Gasteiger partial charge on any atom is 0.163 e. The van der Waals surface area contributed by atoms with Crippen molar-refractivity contribution in [1.82, 2.24) is 14.5 Å². The molecule has 164 valence electrons. The van der Waals surface area contributed by atoms with Crippen molar-refractivity contribution in [1.29, 1.82) is 0 Å². The van der Waals surface area contributed by atoms with Gasteiger partial charge in [-0.3, -0.25) is 0 Å². The normalized spacial score (nSPS) is 27.1. The molecule has 6 nitrogen and oxygen atoms in total. The second-order valence-corrected chi connectivity index (χ2v) is 9.64. The summed E-state index contributed by atoms with van der Waals surface area (Å²) in [6.07, 6.45) is 6.78. The van der Waals surface area contributed by atoms with Gasteiger partial charge in [-0.05, 0) is 75.3 Å². The van der Waals surface area contributed by atoms with Gasteiger partial charge in [0.15, 0.2) is 5.79 Å². The smallest absolute Gasteiger partial charge is 0.163 e. The Balaban J connectivity index is 1.42. The summed E-state index contributed by atoms with van der Waals surface area (Å²) in [6, 6.07) is 8.31. The molecule has 3 heterocycles. The van der Waals surface area contributed by atoms with Crippen molar-refractivity contribution in [2.45, 2.75) is 70.6 Å². The summed E-state index contributed by atoms with van der Waals surface area (Å²) in [4.78, 5) is 8.91. The Bertz CT molecular complexity index is 1110. The second kappa shape index (κ2) is 7.85. The van der Waals surface area contributed by atoms with Crippen molar-refractivity contribution in [3.8, 4) is 0 Å². The summed E-state index contributed by atoms with van der Waals surface area (Å²) in [6.45, 7) is 6.53. The van der Waals surface area contributed by atoms with Crippen molar-refractivity contribution >= 4 is 22.6 Å². The standard InChI is InChI=1S/C24H29ClN4O2/c1-14-19-8-9-29(23(19)28-13-27-14)20-11-16(21-22(20)31-24(2,3)30-21)5-4-15-6-7-18(25)10-17(15)12-26/h6-10,13,16,20-22H,4-5,11-12,26H2,1-3H3/t16-,20+,21+,22-/m0/s1. The molecular formula is C24H29ClN4O2. The van der Waals surface area contributed by atoms with Gasteiger partial charge in [0.25, 0.3) is 0 Å². The molecule has 0 radical (unpaired) electrons. The third-order valence-electron chi connectivity index (χ3n) is 6.79. The van der Waals surface area contributed by atoms with Crippen LogP contribution in [-0.4, -0.2) is 32.5 Å². The van der Waals surface area contributed by atoms with E-state index in [2.05, 4.69) is 32.9 Å². The van der Waals surface area contributed by atoms with Crippen molar-refractivity contribution in [3.05, 3.63) is 58.6 Å². The summed E-state index contributed by atoms with van der Waals surface area (Å²) in [5.74, 6) is -0.193. The fourth-order valence-corrected chi connectivity index (χ4v) is 5.54. The molecule has 0 spiro atoms. The molecule has 1 aliphatic carbocycles. The molecule has 1 aromatic carbocycles. The van der Waals surface area contributed by atoms with Gasteiger partial charge in [-0.1, -0.05) is 17.7 Å². The van der Waals surface area contributed by atoms with Gasteiger partial charge in [-0.15, -0.1) is 0 Å². The van der Waals surface area contributed by atoms with Crippen LogP contribution in [0.2, 0.25) is 5.02 Å². The minimum Gasteiger partial charge on any atom is -0.344 e. The van der Waals surface area contributed by atoms with Crippen LogP contribution in [0.1, 0.15) is 49.6 Å². The highest BCUT2D eigenvalue weighted by atomic mass is 35.5. The first kappa shape index (κ1) is 20.9. The van der Waals surface area contributed by atoms with Crippen molar-refractivity contribution in [3.63, 3.8) is 0 Å². The van der Waals surface area contributed by atoms with E-state index in [4.69, 9.17) is 26.8 Å². The number of nitrogens with two attached hydrogens (primary N) is 1. The molecule has 5 rings (SSSR count). The van der Waals surface area contributed by atoms with E-state index in [1.54, 1.807) is 6.33 Å². The summed E-state index contributed by atoms with van der Waals surface area (Å²) >= 11 is 6.16. The van der Waals surface area contributed by atoms with Crippen LogP contribution in [0.4, 0.5) is 0 Å². The van der Waals surface area contributed by atoms with Gasteiger partial charge < -0.3 is 19.8 Å². The molecule has 0 unspecified atom stereocenters. The first-order valence-corrected chi connectivity index (χ1v) is 11.4. The van der Waals surface area contributed by atoms with Crippen LogP contribution in [-0.2, 0) is 22.4 Å². The Hall–Kier alpha value is -1.99. The van der Waals surface area contributed by atoms with E-state index in [1.165, 1.54) is 5.56 Å². The number of hydrogen-bond donors (Lipinski definition) is 1. The molecule has 7 heteroatoms. The Morgan fingerprint density at radius 3 is 2.77 bits per heavy atom. The first-order chi connectivity index (χ1) is 14.9. The van der Waals surface area contributed by atoms with Gasteiger partial charge in [0.1, 0.15) is 18.1 Å². The molecule has 2 aliphatic rings. The zero-order chi connectivity index (χ0) is 21.8. The van der Waals surface area contributed by atoms with Crippen LogP contribution < -0.4 is 5.73 Å². The molecule has 1 saturated carbocycles. The number of aryl methyl sites for hydroxylation is 2. The van der Waals surface area contributed by atoms with Crippen LogP contribution in [0.5, 0.6) is 0 Å². The van der Waals surface area contributed by atoms with Gasteiger partial charge in [0.2, 0.25) is 0 Å². The van der Waals surface area contributed by atoms with Crippen LogP contribution >= 0.6 is 11.6 Å². The molecule has 1 saturated heterocycles. The van der Waals surface area contributed by atoms with Gasteiger partial charge in [0, 0.05) is 23.2 Å². The lowest BCUT2D eigenvalue weighted by Gasteiger charge is -2.24. The predicted molar refractivity (Wildman–Crippen MR) is 121 cm³/mol. The lowest BCUT2D eigenvalue weighted by atomic mass is 9.94. The number of rotatable bonds is 5. The highest BCUT2D eigenvalue weighted by Crippen LogP contribution is 2.49. The minimum atomic E-state index is -0.581. The number of nitrogens with zero attached hydrogens (tertiary/aromatic N) is 3. The SMILES string of the molecule is Cc1ncnc2c1ccn2[C@@H]1C[C@H](CCc2ccc(Cl)cc2CN)[C@H]2OC(C)(C)O[C@H]21. The van der Waals surface area contributed by atoms with Gasteiger partial charge in [0.05, 0.1) is 17.8 Å². The molecule has 2 N–H and O–H groups in total. The maximum atomic E-state index is 6.41. The number of halogens is 1. The quantitative estimate of drug-likeness (QED) is 0.629. The molecule has 0 amide bonds. The Morgan fingerprint density at radius 2 is 1.97 bits per heavy atom. The predicted octanol–water partition coefficient (Wildman–Crippen LogP) is 4.57. The molecule has 0 bridgehead atoms. The average Bonchev–Trinajstić information content (AvgIpc) is 3.38. The molecule has 3 aromatic rings. The summed E-state index contributed by atoms with van der Waals surface area (Å²) in [7, 11) is 0. The van der Waals surface area contributed by atoms with Crippen LogP contribution in [0.15, 0.2) is 36.8 Å². The fraction of sp³-hybridized carbons (Fsp3) is 0.500. The fourth-order valence-electron chi connectivity index (χ4n) is 5.35. The van der Waals surface area contributed by atoms with Gasteiger partial charge in [-0.2, -0.15) is 0 Å². The van der Waals surface area contributed by atoms with Gasteiger partial charge >= 0.3 is 0 Å². The Labute approximate surface area is 187 Å². The van der Waals surface area contributed by atoms with E-state index in [0.29, 0.717) is 12.5 Å². The number of aromatic nitrogens is 3. The van der Waals surface area contributed by atoms with Crippen LogP contribution in [0, 0.1) is 12.8 Å². The average molecular weight is 441 g/mol. The number of hydrogen-bond acceptors (Lipinski definition) is 5. The Morgan fingerprint density at radius 1 is 1.16 bits per heavy atom. The zero-order valence-electron chi connectivity index (χ0n) is 18.2. The highest BCUT2D eigenvalue weighted by molar-refractivity contribution is 6.30. The second-order valence-electron chi connectivity index (χ2n) is 9.20. The van der Waals surface area contributed by atoms with E-state index in [1.807, 2.05) is 32.9 Å². The first-order valence-electron chi connectivity index (χ1n) is 11.0. The molecule has 2 fully saturated rings. The molecular weight excluding hydrogens is 412 g/mol. The lowest BCUT2D eigenvalue weighted by molar-refractivity contribution is -0.160. The van der Waals surface area contributed by atoms with E-state index >= 15 is 0 Å². The topological polar surface area (TPSA) is 75.2 Å². The van der Waals surface area contributed by atoms with E-state index < -0.39 is 5.79 Å². The highest BCUT2D eigenvalue weighted by Gasteiger charge is 2.54. The summed E-state index contributed by atoms with van der Waals surface area (Å²) in [5.41, 5.74) is 10.3. The third-order valence-corrected chi connectivity index (χ3v) is 7.03. The molecule has 1 aliphatic heterocycles. The summed E-state index contributed by atoms with van der Waals surface area (Å²) < 4.78 is 15.1. The third kappa shape index (κ3) is 3.76. The van der Waals surface area contributed by atoms with Crippen LogP contribution in [0.3, 0.4) is 0 Å². The largest absolute Gasteiger partial charge is 0.344 e.